The summed E-state index contributed by atoms with van der Waals surface area (Å²) in [6.45, 7) is 1.52. The van der Waals surface area contributed by atoms with Gasteiger partial charge in [-0.25, -0.2) is 13.1 Å². The van der Waals surface area contributed by atoms with Crippen molar-refractivity contribution in [1.82, 2.24) is 10.1 Å². The Labute approximate surface area is 119 Å². The van der Waals surface area contributed by atoms with Crippen LogP contribution in [0.4, 0.5) is 17.4 Å². The molecule has 1 aromatic heterocycles. The van der Waals surface area contributed by atoms with Gasteiger partial charge < -0.3 is 9.84 Å². The summed E-state index contributed by atoms with van der Waals surface area (Å²) >= 11 is 0. The number of nitrogens with one attached hydrogen (secondary N) is 2. The predicted octanol–water partition coefficient (Wildman–Crippen LogP) is 1.13. The van der Waals surface area contributed by atoms with Gasteiger partial charge in [-0.1, -0.05) is 5.16 Å². The maximum atomic E-state index is 12.1. The van der Waals surface area contributed by atoms with E-state index in [0.29, 0.717) is 0 Å². The molecule has 0 unspecified atom stereocenters. The van der Waals surface area contributed by atoms with E-state index in [0.717, 1.165) is 6.07 Å². The second-order valence-corrected chi connectivity index (χ2v) is 5.62. The summed E-state index contributed by atoms with van der Waals surface area (Å²) in [5, 5.41) is 17.0. The lowest BCUT2D eigenvalue weighted by molar-refractivity contribution is -0.384. The number of hydrogen-bond donors (Lipinski definition) is 2. The fourth-order valence-electron chi connectivity index (χ4n) is 1.55. The number of benzene rings is 1. The molecule has 0 atom stereocenters. The van der Waals surface area contributed by atoms with Crippen LogP contribution in [0.1, 0.15) is 5.82 Å². The zero-order chi connectivity index (χ0) is 15.6. The van der Waals surface area contributed by atoms with Gasteiger partial charge in [0.15, 0.2) is 5.82 Å². The quantitative estimate of drug-likeness (QED) is 0.618. The molecule has 0 aliphatic heterocycles. The number of aromatic nitrogens is 2. The van der Waals surface area contributed by atoms with Gasteiger partial charge in [0, 0.05) is 13.1 Å². The molecule has 0 saturated heterocycles. The largest absolute Gasteiger partial charge is 0.383 e. The zero-order valence-corrected chi connectivity index (χ0v) is 11.8. The molecule has 0 fully saturated rings. The number of anilines is 2. The smallest absolute Gasteiger partial charge is 0.335 e. The van der Waals surface area contributed by atoms with Crippen LogP contribution in [-0.2, 0) is 10.0 Å². The number of aryl methyl sites for hydroxylation is 1. The first-order valence-electron chi connectivity index (χ1n) is 5.63. The Balaban J connectivity index is 2.40. The van der Waals surface area contributed by atoms with Gasteiger partial charge in [0.2, 0.25) is 0 Å². The van der Waals surface area contributed by atoms with Crippen LogP contribution in [0, 0.1) is 17.0 Å². The van der Waals surface area contributed by atoms with Crippen LogP contribution in [0.5, 0.6) is 0 Å². The van der Waals surface area contributed by atoms with E-state index < -0.39 is 14.9 Å². The van der Waals surface area contributed by atoms with Crippen LogP contribution in [0.2, 0.25) is 0 Å². The summed E-state index contributed by atoms with van der Waals surface area (Å²) < 4.78 is 30.9. The van der Waals surface area contributed by atoms with Crippen molar-refractivity contribution >= 4 is 27.4 Å². The van der Waals surface area contributed by atoms with Gasteiger partial charge in [-0.2, -0.15) is 4.98 Å². The van der Waals surface area contributed by atoms with Gasteiger partial charge in [-0.05, 0) is 19.1 Å². The topological polar surface area (TPSA) is 140 Å². The molecular weight excluding hydrogens is 302 g/mol. The molecule has 0 aliphatic carbocycles. The molecule has 21 heavy (non-hydrogen) atoms. The van der Waals surface area contributed by atoms with E-state index in [4.69, 9.17) is 0 Å². The van der Waals surface area contributed by atoms with E-state index in [1.54, 1.807) is 0 Å². The molecule has 1 heterocycles. The van der Waals surface area contributed by atoms with E-state index in [2.05, 4.69) is 20.0 Å². The van der Waals surface area contributed by atoms with E-state index in [1.807, 2.05) is 4.72 Å². The van der Waals surface area contributed by atoms with Crippen molar-refractivity contribution in [2.45, 2.75) is 11.8 Å². The minimum absolute atomic E-state index is 0.201. The molecule has 0 spiro atoms. The minimum atomic E-state index is -4.06. The van der Waals surface area contributed by atoms with Gasteiger partial charge in [0.1, 0.15) is 5.69 Å². The molecule has 1 aromatic carbocycles. The lowest BCUT2D eigenvalue weighted by Crippen LogP contribution is -2.13. The standard InChI is InChI=1S/C10H11N5O5S/c1-6-12-10(20-13-6)14-21(18,19)7-3-4-8(11-2)9(5-7)15(16)17/h3-5,11H,1-2H3,(H,12,13,14). The van der Waals surface area contributed by atoms with Crippen LogP contribution in [0.15, 0.2) is 27.6 Å². The van der Waals surface area contributed by atoms with Crippen molar-refractivity contribution in [2.75, 3.05) is 17.1 Å². The third-order valence-electron chi connectivity index (χ3n) is 2.49. The van der Waals surface area contributed by atoms with Gasteiger partial charge in [-0.15, -0.1) is 0 Å². The number of nitrogens with zero attached hydrogens (tertiary/aromatic N) is 3. The number of nitro groups is 1. The summed E-state index contributed by atoms with van der Waals surface area (Å²) in [5.74, 6) is 0.254. The molecule has 112 valence electrons. The summed E-state index contributed by atoms with van der Waals surface area (Å²) in [6, 6.07) is 3.15. The molecule has 2 N–H and O–H groups in total. The maximum Gasteiger partial charge on any atom is 0.335 e. The molecule has 2 rings (SSSR count). The van der Waals surface area contributed by atoms with Crippen LogP contribution < -0.4 is 10.0 Å². The summed E-state index contributed by atoms with van der Waals surface area (Å²) in [4.78, 5) is 13.7. The number of hydrogen-bond acceptors (Lipinski definition) is 8. The van der Waals surface area contributed by atoms with Gasteiger partial charge in [0.25, 0.3) is 15.7 Å². The maximum absolute atomic E-state index is 12.1. The van der Waals surface area contributed by atoms with Crippen molar-refractivity contribution in [2.24, 2.45) is 0 Å². The van der Waals surface area contributed by atoms with Gasteiger partial charge >= 0.3 is 6.01 Å². The Morgan fingerprint density at radius 3 is 2.62 bits per heavy atom. The first-order chi connectivity index (χ1) is 9.83. The number of rotatable bonds is 5. The second-order valence-electron chi connectivity index (χ2n) is 3.94. The number of sulfonamides is 1. The fourth-order valence-corrected chi connectivity index (χ4v) is 2.50. The normalized spacial score (nSPS) is 11.1. The highest BCUT2D eigenvalue weighted by molar-refractivity contribution is 7.92. The molecular formula is C10H11N5O5S. The average Bonchev–Trinajstić information content (AvgIpc) is 2.82. The van der Waals surface area contributed by atoms with Crippen LogP contribution in [0.25, 0.3) is 0 Å². The molecule has 0 amide bonds. The fraction of sp³-hybridized carbons (Fsp3) is 0.200. The van der Waals surface area contributed by atoms with Crippen molar-refractivity contribution in [1.29, 1.82) is 0 Å². The molecule has 10 nitrogen and oxygen atoms in total. The molecule has 0 radical (unpaired) electrons. The molecule has 0 saturated carbocycles. The SMILES string of the molecule is CNc1ccc(S(=O)(=O)Nc2nc(C)no2)cc1[N+](=O)[O-]. The lowest BCUT2D eigenvalue weighted by Gasteiger charge is -2.06. The highest BCUT2D eigenvalue weighted by atomic mass is 32.2. The summed E-state index contributed by atoms with van der Waals surface area (Å²) in [7, 11) is -2.56. The first kappa shape index (κ1) is 14.7. The van der Waals surface area contributed by atoms with Crippen molar-refractivity contribution in [3.8, 4) is 0 Å². The van der Waals surface area contributed by atoms with E-state index in [1.165, 1.54) is 26.1 Å². The zero-order valence-electron chi connectivity index (χ0n) is 11.0. The lowest BCUT2D eigenvalue weighted by atomic mass is 10.3. The van der Waals surface area contributed by atoms with E-state index in [-0.39, 0.29) is 28.1 Å². The van der Waals surface area contributed by atoms with E-state index >= 15 is 0 Å². The second kappa shape index (κ2) is 5.36. The van der Waals surface area contributed by atoms with Gasteiger partial charge in [0.05, 0.1) is 9.82 Å². The van der Waals surface area contributed by atoms with Crippen LogP contribution >= 0.6 is 0 Å². The third kappa shape index (κ3) is 3.08. The molecule has 0 aliphatic rings. The Bertz CT molecular complexity index is 785. The molecule has 0 bridgehead atoms. The number of nitro benzene ring substituents is 1. The Kier molecular flexibility index (Phi) is 3.76. The van der Waals surface area contributed by atoms with Crippen LogP contribution in [0.3, 0.4) is 0 Å². The summed E-state index contributed by atoms with van der Waals surface area (Å²) in [6.07, 6.45) is 0. The first-order valence-corrected chi connectivity index (χ1v) is 7.11. The Morgan fingerprint density at radius 2 is 2.10 bits per heavy atom. The van der Waals surface area contributed by atoms with Crippen molar-refractivity contribution in [3.05, 3.63) is 34.1 Å². The Morgan fingerprint density at radius 1 is 1.38 bits per heavy atom. The Hall–Kier alpha value is -2.69. The summed E-state index contributed by atoms with van der Waals surface area (Å²) in [5.41, 5.74) is -0.158. The third-order valence-corrected chi connectivity index (χ3v) is 3.81. The van der Waals surface area contributed by atoms with E-state index in [9.17, 15) is 18.5 Å². The van der Waals surface area contributed by atoms with Crippen molar-refractivity contribution in [3.63, 3.8) is 0 Å². The molecule has 11 heteroatoms. The monoisotopic (exact) mass is 313 g/mol. The van der Waals surface area contributed by atoms with Crippen LogP contribution in [-0.4, -0.2) is 30.5 Å². The highest BCUT2D eigenvalue weighted by Gasteiger charge is 2.22. The van der Waals surface area contributed by atoms with Gasteiger partial charge in [-0.3, -0.25) is 10.1 Å². The molecule has 2 aromatic rings. The predicted molar refractivity (Wildman–Crippen MR) is 72.5 cm³/mol. The highest BCUT2D eigenvalue weighted by Crippen LogP contribution is 2.27. The average molecular weight is 313 g/mol. The van der Waals surface area contributed by atoms with Crippen molar-refractivity contribution < 1.29 is 17.9 Å². The minimum Gasteiger partial charge on any atom is -0.383 e.